The van der Waals surface area contributed by atoms with Crippen molar-refractivity contribution in [2.75, 3.05) is 19.3 Å². The smallest absolute Gasteiger partial charge is 0.211 e. The molecular weight excluding hydrogens is 326 g/mol. The summed E-state index contributed by atoms with van der Waals surface area (Å²) >= 11 is 0. The van der Waals surface area contributed by atoms with Crippen molar-refractivity contribution in [3.05, 3.63) is 41.7 Å². The van der Waals surface area contributed by atoms with E-state index in [0.717, 1.165) is 18.4 Å². The summed E-state index contributed by atoms with van der Waals surface area (Å²) in [6.07, 6.45) is 6.96. The minimum Gasteiger partial charge on any atom is -0.226 e. The maximum atomic E-state index is 11.7. The fourth-order valence-corrected chi connectivity index (χ4v) is 3.86. The Hall–Kier alpha value is -2.06. The van der Waals surface area contributed by atoms with Gasteiger partial charge in [0.1, 0.15) is 0 Å². The van der Waals surface area contributed by atoms with E-state index in [2.05, 4.69) is 15.5 Å². The van der Waals surface area contributed by atoms with Gasteiger partial charge in [-0.15, -0.1) is 5.10 Å². The lowest BCUT2D eigenvalue weighted by molar-refractivity contribution is 0.239. The number of rotatable bonds is 5. The average molecular weight is 347 g/mol. The SMILES string of the molecule is CS(=O)(=O)N1CCCC(Cn2nnnc2/C=C/c2ccccc2)C1. The van der Waals surface area contributed by atoms with E-state index in [1.54, 1.807) is 8.99 Å². The number of piperidine rings is 1. The fraction of sp³-hybridized carbons (Fsp3) is 0.438. The molecule has 2 heterocycles. The molecule has 1 saturated heterocycles. The lowest BCUT2D eigenvalue weighted by atomic mass is 10.00. The number of hydrogen-bond acceptors (Lipinski definition) is 5. The Bertz CT molecular complexity index is 801. The molecule has 0 aliphatic carbocycles. The molecule has 1 atom stereocenters. The summed E-state index contributed by atoms with van der Waals surface area (Å²) in [5, 5.41) is 11.8. The highest BCUT2D eigenvalue weighted by atomic mass is 32.2. The third kappa shape index (κ3) is 4.27. The molecule has 128 valence electrons. The zero-order valence-corrected chi connectivity index (χ0v) is 14.4. The number of tetrazole rings is 1. The first-order chi connectivity index (χ1) is 11.5. The summed E-state index contributed by atoms with van der Waals surface area (Å²) in [5.74, 6) is 0.899. The molecule has 1 aromatic carbocycles. The quantitative estimate of drug-likeness (QED) is 0.819. The van der Waals surface area contributed by atoms with Gasteiger partial charge in [0, 0.05) is 19.6 Å². The predicted octanol–water partition coefficient (Wildman–Crippen LogP) is 1.52. The van der Waals surface area contributed by atoms with Crippen molar-refractivity contribution in [1.29, 1.82) is 0 Å². The van der Waals surface area contributed by atoms with E-state index in [9.17, 15) is 8.42 Å². The average Bonchev–Trinajstić information content (AvgIpc) is 3.00. The standard InChI is InChI=1S/C16H21N5O2S/c1-24(22,23)20-11-5-8-15(12-20)13-21-16(17-18-19-21)10-9-14-6-3-2-4-7-14/h2-4,6-7,9-10,15H,5,8,11-13H2,1H3/b10-9+. The molecule has 0 amide bonds. The molecule has 2 aromatic rings. The van der Waals surface area contributed by atoms with Crippen molar-refractivity contribution < 1.29 is 8.42 Å². The van der Waals surface area contributed by atoms with Gasteiger partial charge < -0.3 is 0 Å². The van der Waals surface area contributed by atoms with Crippen LogP contribution in [0.4, 0.5) is 0 Å². The zero-order chi connectivity index (χ0) is 17.0. The van der Waals surface area contributed by atoms with Crippen molar-refractivity contribution in [1.82, 2.24) is 24.5 Å². The molecule has 1 aliphatic heterocycles. The Morgan fingerprint density at radius 3 is 2.79 bits per heavy atom. The van der Waals surface area contributed by atoms with Crippen LogP contribution in [-0.4, -0.2) is 52.3 Å². The summed E-state index contributed by atoms with van der Waals surface area (Å²) in [6, 6.07) is 9.94. The maximum absolute atomic E-state index is 11.7. The predicted molar refractivity (Wildman–Crippen MR) is 92.3 cm³/mol. The largest absolute Gasteiger partial charge is 0.226 e. The molecule has 0 N–H and O–H groups in total. The number of hydrogen-bond donors (Lipinski definition) is 0. The van der Waals surface area contributed by atoms with Gasteiger partial charge >= 0.3 is 0 Å². The molecule has 0 spiro atoms. The highest BCUT2D eigenvalue weighted by Gasteiger charge is 2.26. The van der Waals surface area contributed by atoms with Crippen molar-refractivity contribution in [2.24, 2.45) is 5.92 Å². The Morgan fingerprint density at radius 1 is 1.25 bits per heavy atom. The van der Waals surface area contributed by atoms with Gasteiger partial charge in [-0.25, -0.2) is 17.4 Å². The molecule has 0 bridgehead atoms. The van der Waals surface area contributed by atoms with E-state index in [1.165, 1.54) is 6.26 Å². The first kappa shape index (κ1) is 16.8. The van der Waals surface area contributed by atoms with E-state index >= 15 is 0 Å². The lowest BCUT2D eigenvalue weighted by Gasteiger charge is -2.30. The zero-order valence-electron chi connectivity index (χ0n) is 13.6. The topological polar surface area (TPSA) is 81.0 Å². The lowest BCUT2D eigenvalue weighted by Crippen LogP contribution is -2.40. The second-order valence-corrected chi connectivity index (χ2v) is 8.07. The van der Waals surface area contributed by atoms with Gasteiger partial charge in [-0.1, -0.05) is 36.4 Å². The normalized spacial score (nSPS) is 19.8. The molecule has 7 nitrogen and oxygen atoms in total. The van der Waals surface area contributed by atoms with E-state index < -0.39 is 10.0 Å². The fourth-order valence-electron chi connectivity index (χ4n) is 2.92. The van der Waals surface area contributed by atoms with E-state index in [-0.39, 0.29) is 5.92 Å². The van der Waals surface area contributed by atoms with Crippen LogP contribution in [0.1, 0.15) is 24.2 Å². The van der Waals surface area contributed by atoms with Crippen LogP contribution in [0.3, 0.4) is 0 Å². The highest BCUT2D eigenvalue weighted by Crippen LogP contribution is 2.20. The molecule has 1 aliphatic rings. The van der Waals surface area contributed by atoms with Crippen molar-refractivity contribution in [3.8, 4) is 0 Å². The van der Waals surface area contributed by atoms with Crippen LogP contribution < -0.4 is 0 Å². The Kier molecular flexibility index (Phi) is 5.06. The third-order valence-corrected chi connectivity index (χ3v) is 5.44. The molecular formula is C16H21N5O2S. The minimum atomic E-state index is -3.14. The molecule has 3 rings (SSSR count). The van der Waals surface area contributed by atoms with E-state index in [1.807, 2.05) is 42.5 Å². The van der Waals surface area contributed by atoms with Crippen LogP contribution in [0.15, 0.2) is 30.3 Å². The van der Waals surface area contributed by atoms with Crippen LogP contribution in [0.25, 0.3) is 12.2 Å². The summed E-state index contributed by atoms with van der Waals surface area (Å²) in [6.45, 7) is 1.75. The Morgan fingerprint density at radius 2 is 2.04 bits per heavy atom. The van der Waals surface area contributed by atoms with Crippen LogP contribution in [0, 0.1) is 5.92 Å². The van der Waals surface area contributed by atoms with Gasteiger partial charge in [0.15, 0.2) is 5.82 Å². The van der Waals surface area contributed by atoms with Gasteiger partial charge in [0.2, 0.25) is 10.0 Å². The van der Waals surface area contributed by atoms with Gasteiger partial charge in [0.25, 0.3) is 0 Å². The van der Waals surface area contributed by atoms with Crippen molar-refractivity contribution in [2.45, 2.75) is 19.4 Å². The highest BCUT2D eigenvalue weighted by molar-refractivity contribution is 7.88. The molecule has 1 aromatic heterocycles. The van der Waals surface area contributed by atoms with Gasteiger partial charge in [-0.05, 0) is 40.8 Å². The van der Waals surface area contributed by atoms with Crippen molar-refractivity contribution >= 4 is 22.2 Å². The Balaban J connectivity index is 1.68. The number of aromatic nitrogens is 4. The third-order valence-electron chi connectivity index (χ3n) is 4.17. The first-order valence-electron chi connectivity index (χ1n) is 7.97. The maximum Gasteiger partial charge on any atom is 0.211 e. The van der Waals surface area contributed by atoms with Crippen LogP contribution in [0.5, 0.6) is 0 Å². The molecule has 1 unspecified atom stereocenters. The van der Waals surface area contributed by atoms with Crippen LogP contribution in [-0.2, 0) is 16.6 Å². The van der Waals surface area contributed by atoms with Crippen LogP contribution >= 0.6 is 0 Å². The van der Waals surface area contributed by atoms with Gasteiger partial charge in [-0.2, -0.15) is 0 Å². The second-order valence-electron chi connectivity index (χ2n) is 6.09. The minimum absolute atomic E-state index is 0.223. The van der Waals surface area contributed by atoms with Crippen LogP contribution in [0.2, 0.25) is 0 Å². The van der Waals surface area contributed by atoms with E-state index in [0.29, 0.717) is 25.5 Å². The second kappa shape index (κ2) is 7.23. The van der Waals surface area contributed by atoms with E-state index in [4.69, 9.17) is 0 Å². The Labute approximate surface area is 142 Å². The van der Waals surface area contributed by atoms with Crippen molar-refractivity contribution in [3.63, 3.8) is 0 Å². The molecule has 0 radical (unpaired) electrons. The van der Waals surface area contributed by atoms with Gasteiger partial charge in [0.05, 0.1) is 6.26 Å². The number of nitrogens with zero attached hydrogens (tertiary/aromatic N) is 5. The molecule has 1 fully saturated rings. The monoisotopic (exact) mass is 347 g/mol. The summed E-state index contributed by atoms with van der Waals surface area (Å²) in [7, 11) is -3.14. The molecule has 0 saturated carbocycles. The van der Waals surface area contributed by atoms with Gasteiger partial charge in [-0.3, -0.25) is 0 Å². The number of sulfonamides is 1. The summed E-state index contributed by atoms with van der Waals surface area (Å²) < 4.78 is 26.7. The molecule has 8 heteroatoms. The summed E-state index contributed by atoms with van der Waals surface area (Å²) in [5.41, 5.74) is 1.08. The first-order valence-corrected chi connectivity index (χ1v) is 9.81. The number of benzene rings is 1. The molecule has 24 heavy (non-hydrogen) atoms. The summed E-state index contributed by atoms with van der Waals surface area (Å²) in [4.78, 5) is 0.